The third-order valence-electron chi connectivity index (χ3n) is 9.46. The summed E-state index contributed by atoms with van der Waals surface area (Å²) in [5, 5.41) is 3.77. The second-order valence-electron chi connectivity index (χ2n) is 11.4. The fourth-order valence-corrected chi connectivity index (χ4v) is 7.85. The monoisotopic (exact) mass is 526 g/mol. The number of hydrogen-bond donors (Lipinski definition) is 1. The van der Waals surface area contributed by atoms with Crippen LogP contribution in [0.5, 0.6) is 5.75 Å². The topological polar surface area (TPSA) is 82.5 Å². The van der Waals surface area contributed by atoms with E-state index in [4.69, 9.17) is 10.5 Å². The Kier molecular flexibility index (Phi) is 4.18. The standard InChI is InChI=1S/C33H26N4O3/c1-40-19-12-10-17(11-13-19)16-35-32(38)28-26-20-6-2-4-8-23(20)36-18-14-22(34)25(15-18)37-24-9-5-3-7-21(24)27(29(28)33(35)39)31(37)30(26)36/h2-13,18,22,25H,14-16,34H2,1H3/t18?,22-,25?/m0/s1. The molecule has 0 saturated heterocycles. The molecule has 7 heteroatoms. The van der Waals surface area contributed by atoms with Crippen LogP contribution in [0.15, 0.2) is 72.8 Å². The molecule has 3 atom stereocenters. The SMILES string of the molecule is COc1ccc(CN2C(=O)c3c(c4c5ccccc5n5c4c4c3c3ccccc3n4C3CC5[C@@H](N)C3)C2=O)cc1. The lowest BCUT2D eigenvalue weighted by Gasteiger charge is -2.21. The van der Waals surface area contributed by atoms with E-state index in [2.05, 4.69) is 39.5 Å². The number of para-hydroxylation sites is 2. The molecule has 0 radical (unpaired) electrons. The van der Waals surface area contributed by atoms with E-state index >= 15 is 0 Å². The zero-order valence-electron chi connectivity index (χ0n) is 21.9. The number of carbonyl (C=O) groups excluding carboxylic acids is 2. The van der Waals surface area contributed by atoms with Crippen LogP contribution in [0.2, 0.25) is 0 Å². The second kappa shape index (κ2) is 7.52. The molecule has 3 aliphatic rings. The molecule has 6 aromatic rings. The van der Waals surface area contributed by atoms with E-state index in [1.807, 2.05) is 42.5 Å². The second-order valence-corrected chi connectivity index (χ2v) is 11.4. The lowest BCUT2D eigenvalue weighted by Crippen LogP contribution is -2.29. The van der Waals surface area contributed by atoms with E-state index in [1.165, 1.54) is 4.90 Å². The number of benzene rings is 4. The number of methoxy groups -OCH3 is 1. The van der Waals surface area contributed by atoms with E-state index in [-0.39, 0.29) is 36.5 Å². The quantitative estimate of drug-likeness (QED) is 0.290. The first-order chi connectivity index (χ1) is 19.6. The zero-order chi connectivity index (χ0) is 26.9. The largest absolute Gasteiger partial charge is 0.497 e. The molecule has 2 N–H and O–H groups in total. The summed E-state index contributed by atoms with van der Waals surface area (Å²) in [7, 11) is 1.62. The van der Waals surface area contributed by atoms with Gasteiger partial charge in [-0.05, 0) is 42.7 Å². The van der Waals surface area contributed by atoms with Crippen LogP contribution in [-0.2, 0) is 6.54 Å². The third-order valence-corrected chi connectivity index (χ3v) is 9.46. The summed E-state index contributed by atoms with van der Waals surface area (Å²) in [4.78, 5) is 30.1. The van der Waals surface area contributed by atoms with Crippen molar-refractivity contribution in [1.82, 2.24) is 14.0 Å². The fraction of sp³-hybridized carbons (Fsp3) is 0.212. The minimum atomic E-state index is -0.240. The van der Waals surface area contributed by atoms with E-state index in [9.17, 15) is 9.59 Å². The Hall–Kier alpha value is -4.62. The van der Waals surface area contributed by atoms with E-state index in [1.54, 1.807) is 7.11 Å². The van der Waals surface area contributed by atoms with Crippen molar-refractivity contribution in [2.24, 2.45) is 5.73 Å². The number of rotatable bonds is 3. The zero-order valence-corrected chi connectivity index (χ0v) is 21.9. The molecule has 2 amide bonds. The van der Waals surface area contributed by atoms with Gasteiger partial charge >= 0.3 is 0 Å². The highest BCUT2D eigenvalue weighted by Gasteiger charge is 2.46. The maximum atomic E-state index is 14.4. The average Bonchev–Trinajstić information content (AvgIpc) is 3.65. The Morgan fingerprint density at radius 3 is 1.98 bits per heavy atom. The molecule has 2 unspecified atom stereocenters. The van der Waals surface area contributed by atoms with Gasteiger partial charge in [0.25, 0.3) is 11.8 Å². The van der Waals surface area contributed by atoms with Crippen molar-refractivity contribution in [1.29, 1.82) is 0 Å². The molecule has 4 aromatic carbocycles. The van der Waals surface area contributed by atoms with Gasteiger partial charge in [0.1, 0.15) is 5.75 Å². The number of hydrogen-bond acceptors (Lipinski definition) is 4. The molecule has 1 aliphatic carbocycles. The summed E-state index contributed by atoms with van der Waals surface area (Å²) < 4.78 is 10.1. The Balaban J connectivity index is 1.43. The van der Waals surface area contributed by atoms with Crippen LogP contribution in [0.1, 0.15) is 51.2 Å². The summed E-state index contributed by atoms with van der Waals surface area (Å²) in [6.07, 6.45) is 1.80. The van der Waals surface area contributed by atoms with Crippen molar-refractivity contribution in [2.45, 2.75) is 37.5 Å². The number of nitrogens with zero attached hydrogens (tertiary/aromatic N) is 3. The number of nitrogens with two attached hydrogens (primary N) is 1. The number of fused-ring (bicyclic) bond motifs is 13. The van der Waals surface area contributed by atoms with Crippen molar-refractivity contribution in [3.05, 3.63) is 89.5 Å². The third kappa shape index (κ3) is 2.54. The van der Waals surface area contributed by atoms with Crippen LogP contribution in [0, 0.1) is 0 Å². The minimum absolute atomic E-state index is 0.00512. The Bertz CT molecular complexity index is 2100. The maximum Gasteiger partial charge on any atom is 0.262 e. The first kappa shape index (κ1) is 22.2. The fourth-order valence-electron chi connectivity index (χ4n) is 7.85. The summed E-state index contributed by atoms with van der Waals surface area (Å²) in [5.74, 6) is 0.261. The molecule has 196 valence electrons. The molecule has 4 heterocycles. The molecule has 2 bridgehead atoms. The van der Waals surface area contributed by atoms with Gasteiger partial charge in [-0.3, -0.25) is 14.5 Å². The van der Waals surface area contributed by atoms with Gasteiger partial charge in [-0.25, -0.2) is 0 Å². The van der Waals surface area contributed by atoms with Crippen molar-refractivity contribution in [3.8, 4) is 5.75 Å². The van der Waals surface area contributed by atoms with Gasteiger partial charge in [0.05, 0.1) is 41.9 Å². The van der Waals surface area contributed by atoms with Crippen molar-refractivity contribution in [2.75, 3.05) is 7.11 Å². The van der Waals surface area contributed by atoms with Crippen LogP contribution in [0.3, 0.4) is 0 Å². The molecule has 1 saturated carbocycles. The highest BCUT2D eigenvalue weighted by atomic mass is 16.5. The highest BCUT2D eigenvalue weighted by Crippen LogP contribution is 2.53. The van der Waals surface area contributed by atoms with Gasteiger partial charge in [0.2, 0.25) is 0 Å². The Morgan fingerprint density at radius 1 is 0.775 bits per heavy atom. The van der Waals surface area contributed by atoms with Crippen LogP contribution in [-0.4, -0.2) is 39.0 Å². The van der Waals surface area contributed by atoms with Gasteiger partial charge in [-0.2, -0.15) is 0 Å². The molecule has 0 spiro atoms. The molecular weight excluding hydrogens is 500 g/mol. The maximum absolute atomic E-state index is 14.4. The smallest absolute Gasteiger partial charge is 0.262 e. The van der Waals surface area contributed by atoms with Crippen molar-refractivity contribution >= 4 is 55.4 Å². The van der Waals surface area contributed by atoms with Gasteiger partial charge in [-0.1, -0.05) is 48.5 Å². The first-order valence-corrected chi connectivity index (χ1v) is 13.8. The molecule has 7 nitrogen and oxygen atoms in total. The molecule has 2 aromatic heterocycles. The van der Waals surface area contributed by atoms with Crippen LogP contribution in [0.4, 0.5) is 0 Å². The number of amides is 2. The van der Waals surface area contributed by atoms with Crippen molar-refractivity contribution < 1.29 is 14.3 Å². The van der Waals surface area contributed by atoms with Gasteiger partial charge in [-0.15, -0.1) is 0 Å². The molecule has 40 heavy (non-hydrogen) atoms. The predicted molar refractivity (Wildman–Crippen MR) is 155 cm³/mol. The van der Waals surface area contributed by atoms with E-state index in [0.717, 1.165) is 67.8 Å². The minimum Gasteiger partial charge on any atom is -0.497 e. The lowest BCUT2D eigenvalue weighted by atomic mass is 9.96. The molecular formula is C33H26N4O3. The number of carbonyl (C=O) groups is 2. The predicted octanol–water partition coefficient (Wildman–Crippen LogP) is 5.92. The highest BCUT2D eigenvalue weighted by molar-refractivity contribution is 6.39. The van der Waals surface area contributed by atoms with E-state index < -0.39 is 0 Å². The summed E-state index contributed by atoms with van der Waals surface area (Å²) in [6.45, 7) is 0.201. The van der Waals surface area contributed by atoms with Crippen LogP contribution < -0.4 is 10.5 Å². The van der Waals surface area contributed by atoms with Crippen molar-refractivity contribution in [3.63, 3.8) is 0 Å². The Labute approximate surface area is 229 Å². The number of ether oxygens (including phenoxy) is 1. The van der Waals surface area contributed by atoms with Crippen LogP contribution >= 0.6 is 0 Å². The van der Waals surface area contributed by atoms with Gasteiger partial charge < -0.3 is 19.6 Å². The summed E-state index contributed by atoms with van der Waals surface area (Å²) in [5.41, 5.74) is 13.0. The molecule has 9 rings (SSSR count). The first-order valence-electron chi connectivity index (χ1n) is 13.8. The number of imide groups is 1. The van der Waals surface area contributed by atoms with E-state index in [0.29, 0.717) is 11.1 Å². The normalized spacial score (nSPS) is 21.4. The molecule has 1 fully saturated rings. The van der Waals surface area contributed by atoms with Gasteiger partial charge in [0, 0.05) is 44.7 Å². The lowest BCUT2D eigenvalue weighted by molar-refractivity contribution is 0.0643. The summed E-state index contributed by atoms with van der Waals surface area (Å²) >= 11 is 0. The molecule has 2 aliphatic heterocycles. The van der Waals surface area contributed by atoms with Gasteiger partial charge in [0.15, 0.2) is 0 Å². The average molecular weight is 527 g/mol. The number of aromatic nitrogens is 2. The summed E-state index contributed by atoms with van der Waals surface area (Å²) in [6, 6.07) is 24.4. The van der Waals surface area contributed by atoms with Crippen LogP contribution in [0.25, 0.3) is 43.6 Å². The Morgan fingerprint density at radius 2 is 1.35 bits per heavy atom.